The number of aryl methyl sites for hydroxylation is 2. The Labute approximate surface area is 90.2 Å². The van der Waals surface area contributed by atoms with Gasteiger partial charge in [-0.3, -0.25) is 4.79 Å². The third kappa shape index (κ3) is 2.27. The van der Waals surface area contributed by atoms with Crippen LogP contribution in [0.3, 0.4) is 0 Å². The molecule has 0 aliphatic carbocycles. The van der Waals surface area contributed by atoms with Gasteiger partial charge in [0.2, 0.25) is 0 Å². The van der Waals surface area contributed by atoms with Gasteiger partial charge in [0, 0.05) is 13.1 Å². The lowest BCUT2D eigenvalue weighted by Gasteiger charge is -2.04. The average molecular weight is 203 g/mol. The van der Waals surface area contributed by atoms with E-state index in [2.05, 4.69) is 0 Å². The van der Waals surface area contributed by atoms with Crippen molar-refractivity contribution >= 4 is 10.9 Å². The van der Waals surface area contributed by atoms with Crippen molar-refractivity contribution < 1.29 is 0 Å². The van der Waals surface area contributed by atoms with Gasteiger partial charge < -0.3 is 4.57 Å². The summed E-state index contributed by atoms with van der Waals surface area (Å²) in [7, 11) is 1.80. The molecule has 2 heteroatoms. The number of pyridine rings is 1. The summed E-state index contributed by atoms with van der Waals surface area (Å²) in [6.45, 7) is 6.02. The summed E-state index contributed by atoms with van der Waals surface area (Å²) in [5, 5.41) is 1.10. The van der Waals surface area contributed by atoms with Gasteiger partial charge in [0.05, 0.1) is 5.52 Å². The molecule has 0 aliphatic rings. The maximum atomic E-state index is 11.3. The second kappa shape index (κ2) is 4.78. The smallest absolute Gasteiger partial charge is 0.250 e. The van der Waals surface area contributed by atoms with Crippen molar-refractivity contribution in [2.75, 3.05) is 0 Å². The molecule has 0 aliphatic heterocycles. The summed E-state index contributed by atoms with van der Waals surface area (Å²) >= 11 is 0. The van der Waals surface area contributed by atoms with Gasteiger partial charge in [-0.25, -0.2) is 0 Å². The van der Waals surface area contributed by atoms with Crippen LogP contribution in [-0.2, 0) is 7.05 Å². The fourth-order valence-electron chi connectivity index (χ4n) is 1.48. The average Bonchev–Trinajstić information content (AvgIpc) is 2.27. The lowest BCUT2D eigenvalue weighted by Crippen LogP contribution is -2.14. The van der Waals surface area contributed by atoms with E-state index < -0.39 is 0 Å². The fourth-order valence-corrected chi connectivity index (χ4v) is 1.48. The molecule has 0 fully saturated rings. The van der Waals surface area contributed by atoms with E-state index in [9.17, 15) is 4.79 Å². The van der Waals surface area contributed by atoms with Gasteiger partial charge in [-0.1, -0.05) is 26.0 Å². The summed E-state index contributed by atoms with van der Waals surface area (Å²) in [5.41, 5.74) is 2.21. The predicted octanol–water partition coefficient (Wildman–Crippen LogP) is 2.87. The Bertz CT molecular complexity index is 511. The van der Waals surface area contributed by atoms with Gasteiger partial charge >= 0.3 is 0 Å². The largest absolute Gasteiger partial charge is 0.311 e. The van der Waals surface area contributed by atoms with E-state index in [-0.39, 0.29) is 5.56 Å². The van der Waals surface area contributed by atoms with Crippen molar-refractivity contribution in [2.45, 2.75) is 20.8 Å². The lowest BCUT2D eigenvalue weighted by atomic mass is 10.1. The summed E-state index contributed by atoms with van der Waals surface area (Å²) in [4.78, 5) is 11.3. The Hall–Kier alpha value is -1.57. The second-order valence-electron chi connectivity index (χ2n) is 3.29. The van der Waals surface area contributed by atoms with Crippen LogP contribution in [0.4, 0.5) is 0 Å². The number of aromatic nitrogens is 1. The molecule has 0 radical (unpaired) electrons. The first-order chi connectivity index (χ1) is 7.18. The van der Waals surface area contributed by atoms with E-state index >= 15 is 0 Å². The van der Waals surface area contributed by atoms with Crippen molar-refractivity contribution in [1.82, 2.24) is 4.57 Å². The van der Waals surface area contributed by atoms with Gasteiger partial charge in [-0.05, 0) is 30.0 Å². The van der Waals surface area contributed by atoms with Gasteiger partial charge in [-0.2, -0.15) is 0 Å². The molecule has 2 nitrogen and oxygen atoms in total. The molecule has 80 valence electrons. The second-order valence-corrected chi connectivity index (χ2v) is 3.29. The zero-order valence-electron chi connectivity index (χ0n) is 9.74. The van der Waals surface area contributed by atoms with E-state index in [1.54, 1.807) is 17.7 Å². The van der Waals surface area contributed by atoms with E-state index in [0.29, 0.717) is 0 Å². The minimum atomic E-state index is 0.0399. The van der Waals surface area contributed by atoms with E-state index in [4.69, 9.17) is 0 Å². The summed E-state index contributed by atoms with van der Waals surface area (Å²) in [6.07, 6.45) is 0. The van der Waals surface area contributed by atoms with Crippen LogP contribution in [0, 0.1) is 6.92 Å². The molecular weight excluding hydrogens is 186 g/mol. The first kappa shape index (κ1) is 11.5. The molecule has 1 aromatic carbocycles. The van der Waals surface area contributed by atoms with Gasteiger partial charge in [0.25, 0.3) is 5.56 Å². The lowest BCUT2D eigenvalue weighted by molar-refractivity contribution is 0.905. The Kier molecular flexibility index (Phi) is 3.67. The number of hydrogen-bond acceptors (Lipinski definition) is 1. The quantitative estimate of drug-likeness (QED) is 0.645. The molecule has 0 atom stereocenters. The standard InChI is InChI=1S/C11H11NO.C2H6/c1-8-3-4-9-5-6-11(13)12(2)10(9)7-8;1-2/h3-7H,1-2H3;1-2H3. The molecular formula is C13H17NO. The normalized spacial score (nSPS) is 9.60. The highest BCUT2D eigenvalue weighted by atomic mass is 16.1. The molecule has 0 bridgehead atoms. The van der Waals surface area contributed by atoms with Crippen LogP contribution in [0.25, 0.3) is 10.9 Å². The number of benzene rings is 1. The third-order valence-corrected chi connectivity index (χ3v) is 2.28. The van der Waals surface area contributed by atoms with E-state index in [1.165, 1.54) is 5.56 Å². The van der Waals surface area contributed by atoms with Crippen LogP contribution in [0.1, 0.15) is 19.4 Å². The predicted molar refractivity (Wildman–Crippen MR) is 65.3 cm³/mol. The molecule has 2 rings (SSSR count). The minimum absolute atomic E-state index is 0.0399. The van der Waals surface area contributed by atoms with E-state index in [0.717, 1.165) is 10.9 Å². The molecule has 0 saturated carbocycles. The molecule has 0 saturated heterocycles. The van der Waals surface area contributed by atoms with Crippen molar-refractivity contribution in [3.05, 3.63) is 46.2 Å². The molecule has 0 unspecified atom stereocenters. The van der Waals surface area contributed by atoms with Crippen LogP contribution in [0.2, 0.25) is 0 Å². The maximum absolute atomic E-state index is 11.3. The third-order valence-electron chi connectivity index (χ3n) is 2.28. The van der Waals surface area contributed by atoms with Crippen molar-refractivity contribution in [3.63, 3.8) is 0 Å². The number of fused-ring (bicyclic) bond motifs is 1. The zero-order valence-corrected chi connectivity index (χ0v) is 9.74. The highest BCUT2D eigenvalue weighted by molar-refractivity contribution is 5.79. The number of nitrogens with zero attached hydrogens (tertiary/aromatic N) is 1. The molecule has 0 N–H and O–H groups in total. The summed E-state index contributed by atoms with van der Waals surface area (Å²) in [6, 6.07) is 9.56. The Morgan fingerprint density at radius 2 is 1.67 bits per heavy atom. The summed E-state index contributed by atoms with van der Waals surface area (Å²) in [5.74, 6) is 0. The first-order valence-electron chi connectivity index (χ1n) is 5.25. The monoisotopic (exact) mass is 203 g/mol. The SMILES string of the molecule is CC.Cc1ccc2ccc(=O)n(C)c2c1. The van der Waals surface area contributed by atoms with Gasteiger partial charge in [0.1, 0.15) is 0 Å². The highest BCUT2D eigenvalue weighted by Gasteiger charge is 1.97. The Morgan fingerprint density at radius 3 is 2.33 bits per heavy atom. The summed E-state index contributed by atoms with van der Waals surface area (Å²) < 4.78 is 1.67. The van der Waals surface area contributed by atoms with Crippen molar-refractivity contribution in [1.29, 1.82) is 0 Å². The Morgan fingerprint density at radius 1 is 1.07 bits per heavy atom. The molecule has 1 heterocycles. The molecule has 15 heavy (non-hydrogen) atoms. The molecule has 0 spiro atoms. The molecule has 1 aromatic heterocycles. The van der Waals surface area contributed by atoms with Crippen molar-refractivity contribution in [2.24, 2.45) is 7.05 Å². The number of hydrogen-bond donors (Lipinski definition) is 0. The van der Waals surface area contributed by atoms with Crippen LogP contribution in [0.5, 0.6) is 0 Å². The van der Waals surface area contributed by atoms with Crippen LogP contribution >= 0.6 is 0 Å². The fraction of sp³-hybridized carbons (Fsp3) is 0.308. The van der Waals surface area contributed by atoms with Crippen molar-refractivity contribution in [3.8, 4) is 0 Å². The topological polar surface area (TPSA) is 22.0 Å². The minimum Gasteiger partial charge on any atom is -0.311 e. The molecule has 2 aromatic rings. The van der Waals surface area contributed by atoms with Crippen LogP contribution in [-0.4, -0.2) is 4.57 Å². The highest BCUT2D eigenvalue weighted by Crippen LogP contribution is 2.12. The van der Waals surface area contributed by atoms with Gasteiger partial charge in [-0.15, -0.1) is 0 Å². The van der Waals surface area contributed by atoms with Gasteiger partial charge in [0.15, 0.2) is 0 Å². The van der Waals surface area contributed by atoms with Crippen LogP contribution < -0.4 is 5.56 Å². The Balaban J connectivity index is 0.000000531. The first-order valence-corrected chi connectivity index (χ1v) is 5.25. The number of rotatable bonds is 0. The maximum Gasteiger partial charge on any atom is 0.250 e. The zero-order chi connectivity index (χ0) is 11.4. The van der Waals surface area contributed by atoms with E-state index in [1.807, 2.05) is 45.0 Å². The molecule has 0 amide bonds. The van der Waals surface area contributed by atoms with Crippen LogP contribution in [0.15, 0.2) is 35.1 Å².